The van der Waals surface area contributed by atoms with Crippen LogP contribution in [-0.4, -0.2) is 45.7 Å². The van der Waals surface area contributed by atoms with Crippen LogP contribution in [0.1, 0.15) is 62.6 Å². The van der Waals surface area contributed by atoms with Crippen LogP contribution in [0.2, 0.25) is 0 Å². The number of anilines is 1. The monoisotopic (exact) mass is 560 g/mol. The Hall–Kier alpha value is -3.62. The van der Waals surface area contributed by atoms with E-state index in [1.807, 2.05) is 30.3 Å². The van der Waals surface area contributed by atoms with Crippen LogP contribution in [0.15, 0.2) is 64.8 Å². The third-order valence-corrected chi connectivity index (χ3v) is 7.68. The minimum atomic E-state index is 0.130. The second kappa shape index (κ2) is 14.8. The van der Waals surface area contributed by atoms with E-state index in [2.05, 4.69) is 48.0 Å². The fourth-order valence-electron chi connectivity index (χ4n) is 5.28. The number of aliphatic imine (C=N–C) groups is 1. The summed E-state index contributed by atoms with van der Waals surface area (Å²) in [4.78, 5) is 17.3. The molecule has 1 heterocycles. The molecule has 2 aromatic rings. The van der Waals surface area contributed by atoms with Gasteiger partial charge in [0.05, 0.1) is 27.4 Å². The van der Waals surface area contributed by atoms with Gasteiger partial charge in [0, 0.05) is 48.1 Å². The number of methoxy groups -OCH3 is 3. The Morgan fingerprint density at radius 1 is 1.10 bits per heavy atom. The first-order valence-corrected chi connectivity index (χ1v) is 14.5. The molecule has 1 atom stereocenters. The first kappa shape index (κ1) is 30.3. The van der Waals surface area contributed by atoms with Crippen LogP contribution in [0.25, 0.3) is 0 Å². The number of carbonyl (C=O) groups is 1. The molecule has 8 nitrogen and oxygen atoms in total. The SMILES string of the molecule is COCc1cc(CNC(C)/C=C\C2=C(C)CN=C(c3ccc(NC(=O)C4CCCCC4)cc3)N2)cc(OC)c1OC. The van der Waals surface area contributed by atoms with Crippen molar-refractivity contribution in [1.82, 2.24) is 10.6 Å². The predicted octanol–water partition coefficient (Wildman–Crippen LogP) is 5.73. The van der Waals surface area contributed by atoms with E-state index in [1.165, 1.54) is 12.0 Å². The molecule has 1 fully saturated rings. The first-order valence-electron chi connectivity index (χ1n) is 14.5. The topological polar surface area (TPSA) is 93.2 Å². The van der Waals surface area contributed by atoms with E-state index in [1.54, 1.807) is 21.3 Å². The second-order valence-corrected chi connectivity index (χ2v) is 10.8. The van der Waals surface area contributed by atoms with Gasteiger partial charge in [-0.25, -0.2) is 0 Å². The fraction of sp³-hybridized carbons (Fsp3) is 0.455. The van der Waals surface area contributed by atoms with Crippen LogP contribution < -0.4 is 25.4 Å². The first-order chi connectivity index (χ1) is 19.9. The minimum absolute atomic E-state index is 0.130. The lowest BCUT2D eigenvalue weighted by Crippen LogP contribution is -2.29. The van der Waals surface area contributed by atoms with E-state index in [0.717, 1.165) is 59.6 Å². The van der Waals surface area contributed by atoms with E-state index in [-0.39, 0.29) is 17.9 Å². The van der Waals surface area contributed by atoms with Crippen molar-refractivity contribution in [3.8, 4) is 11.5 Å². The largest absolute Gasteiger partial charge is 0.493 e. The molecule has 0 aromatic heterocycles. The number of benzene rings is 2. The maximum Gasteiger partial charge on any atom is 0.227 e. The highest BCUT2D eigenvalue weighted by atomic mass is 16.5. The van der Waals surface area contributed by atoms with Crippen LogP contribution in [0.3, 0.4) is 0 Å². The highest BCUT2D eigenvalue weighted by molar-refractivity contribution is 6.01. The smallest absolute Gasteiger partial charge is 0.227 e. The van der Waals surface area contributed by atoms with Gasteiger partial charge in [-0.15, -0.1) is 0 Å². The van der Waals surface area contributed by atoms with E-state index >= 15 is 0 Å². The van der Waals surface area contributed by atoms with Crippen molar-refractivity contribution in [3.63, 3.8) is 0 Å². The normalized spacial score (nSPS) is 16.8. The summed E-state index contributed by atoms with van der Waals surface area (Å²) in [7, 11) is 4.95. The molecule has 0 radical (unpaired) electrons. The molecule has 0 spiro atoms. The van der Waals surface area contributed by atoms with Crippen molar-refractivity contribution < 1.29 is 19.0 Å². The Morgan fingerprint density at radius 3 is 2.54 bits per heavy atom. The van der Waals surface area contributed by atoms with Crippen molar-refractivity contribution >= 4 is 17.4 Å². The Morgan fingerprint density at radius 2 is 1.85 bits per heavy atom. The lowest BCUT2D eigenvalue weighted by molar-refractivity contribution is -0.120. The van der Waals surface area contributed by atoms with Gasteiger partial charge in [-0.05, 0) is 80.3 Å². The summed E-state index contributed by atoms with van der Waals surface area (Å²) in [5.41, 5.74) is 6.09. The third-order valence-electron chi connectivity index (χ3n) is 7.68. The van der Waals surface area contributed by atoms with Gasteiger partial charge < -0.3 is 30.2 Å². The average Bonchev–Trinajstić information content (AvgIpc) is 3.00. The molecule has 1 aliphatic heterocycles. The third kappa shape index (κ3) is 8.21. The fourth-order valence-corrected chi connectivity index (χ4v) is 5.28. The lowest BCUT2D eigenvalue weighted by Gasteiger charge is -2.21. The molecule has 1 aliphatic carbocycles. The van der Waals surface area contributed by atoms with Gasteiger partial charge in [0.15, 0.2) is 11.5 Å². The van der Waals surface area contributed by atoms with Crippen LogP contribution in [0.5, 0.6) is 11.5 Å². The molecule has 0 saturated heterocycles. The molecule has 0 bridgehead atoms. The lowest BCUT2D eigenvalue weighted by atomic mass is 9.88. The zero-order valence-electron chi connectivity index (χ0n) is 25.0. The number of rotatable bonds is 12. The predicted molar refractivity (Wildman–Crippen MR) is 165 cm³/mol. The van der Waals surface area contributed by atoms with Crippen molar-refractivity contribution in [2.24, 2.45) is 10.9 Å². The number of ether oxygens (including phenoxy) is 3. The summed E-state index contributed by atoms with van der Waals surface area (Å²) in [6.45, 7) is 5.98. The van der Waals surface area contributed by atoms with E-state index in [9.17, 15) is 4.79 Å². The Kier molecular flexibility index (Phi) is 11.0. The highest BCUT2D eigenvalue weighted by Gasteiger charge is 2.21. The summed E-state index contributed by atoms with van der Waals surface area (Å²) >= 11 is 0. The van der Waals surface area contributed by atoms with Crippen molar-refractivity contribution in [3.05, 3.63) is 76.5 Å². The summed E-state index contributed by atoms with van der Waals surface area (Å²) in [6, 6.07) is 12.1. The van der Waals surface area contributed by atoms with Crippen LogP contribution >= 0.6 is 0 Å². The maximum atomic E-state index is 12.6. The number of allylic oxidation sites excluding steroid dienone is 1. The molecule has 3 N–H and O–H groups in total. The molecule has 1 amide bonds. The van der Waals surface area contributed by atoms with Gasteiger partial charge in [0.1, 0.15) is 5.84 Å². The number of amidine groups is 1. The second-order valence-electron chi connectivity index (χ2n) is 10.8. The molecule has 2 aromatic carbocycles. The van der Waals surface area contributed by atoms with Crippen LogP contribution in [-0.2, 0) is 22.7 Å². The van der Waals surface area contributed by atoms with Gasteiger partial charge in [0.2, 0.25) is 5.91 Å². The molecule has 8 heteroatoms. The summed E-state index contributed by atoms with van der Waals surface area (Å²) in [5.74, 6) is 2.51. The molecule has 4 rings (SSSR count). The molecule has 220 valence electrons. The zero-order chi connectivity index (χ0) is 29.2. The van der Waals surface area contributed by atoms with Crippen LogP contribution in [0.4, 0.5) is 5.69 Å². The number of amides is 1. The van der Waals surface area contributed by atoms with Gasteiger partial charge in [-0.2, -0.15) is 0 Å². The molecule has 1 unspecified atom stereocenters. The number of hydrogen-bond donors (Lipinski definition) is 3. The summed E-state index contributed by atoms with van der Waals surface area (Å²) in [6.07, 6.45) is 9.78. The number of nitrogens with zero attached hydrogens (tertiary/aromatic N) is 1. The minimum Gasteiger partial charge on any atom is -0.493 e. The van der Waals surface area contributed by atoms with Gasteiger partial charge >= 0.3 is 0 Å². The van der Waals surface area contributed by atoms with Crippen molar-refractivity contribution in [1.29, 1.82) is 0 Å². The number of carbonyl (C=O) groups excluding carboxylic acids is 1. The van der Waals surface area contributed by atoms with Gasteiger partial charge in [-0.1, -0.05) is 25.3 Å². The molecular weight excluding hydrogens is 516 g/mol. The summed E-state index contributed by atoms with van der Waals surface area (Å²) in [5, 5.41) is 10.1. The highest BCUT2D eigenvalue weighted by Crippen LogP contribution is 2.33. The zero-order valence-corrected chi connectivity index (χ0v) is 25.0. The number of hydrogen-bond acceptors (Lipinski definition) is 7. The maximum absolute atomic E-state index is 12.6. The Labute approximate surface area is 244 Å². The standard InChI is InChI=1S/C33H44N4O4/c1-22-19-35-32(25-12-14-28(15-13-25)36-33(38)26-9-7-6-8-10-26)37-29(22)16-11-23(2)34-20-24-17-27(21-39-3)31(41-5)30(18-24)40-4/h11-18,23,26,34H,6-10,19-21H2,1-5H3,(H,35,37)(H,36,38)/b16-11-. The van der Waals surface area contributed by atoms with Crippen LogP contribution in [0, 0.1) is 5.92 Å². The van der Waals surface area contributed by atoms with E-state index in [0.29, 0.717) is 31.2 Å². The molecule has 2 aliphatic rings. The Balaban J connectivity index is 1.32. The summed E-state index contributed by atoms with van der Waals surface area (Å²) < 4.78 is 16.4. The van der Waals surface area contributed by atoms with E-state index in [4.69, 9.17) is 19.2 Å². The van der Waals surface area contributed by atoms with Gasteiger partial charge in [-0.3, -0.25) is 9.79 Å². The molecule has 41 heavy (non-hydrogen) atoms. The van der Waals surface area contributed by atoms with E-state index < -0.39 is 0 Å². The quantitative estimate of drug-likeness (QED) is 0.307. The number of nitrogens with one attached hydrogen (secondary N) is 3. The van der Waals surface area contributed by atoms with Crippen molar-refractivity contribution in [2.75, 3.05) is 33.2 Å². The van der Waals surface area contributed by atoms with Gasteiger partial charge in [0.25, 0.3) is 0 Å². The Bertz CT molecular complexity index is 1280. The molecule has 1 saturated carbocycles. The average molecular weight is 561 g/mol. The molecular formula is C33H44N4O4. The van der Waals surface area contributed by atoms with Crippen molar-refractivity contribution in [2.45, 2.75) is 65.1 Å².